The summed E-state index contributed by atoms with van der Waals surface area (Å²) in [6.07, 6.45) is 1.39. The second-order valence-corrected chi connectivity index (χ2v) is 5.48. The number of amides is 2. The molecular formula is C12H21N3O2S. The van der Waals surface area contributed by atoms with Crippen molar-refractivity contribution in [2.75, 3.05) is 6.61 Å². The highest BCUT2D eigenvalue weighted by atomic mass is 32.1. The van der Waals surface area contributed by atoms with Gasteiger partial charge in [0.25, 0.3) is 0 Å². The molecule has 1 atom stereocenters. The largest absolute Gasteiger partial charge is 0.396 e. The summed E-state index contributed by atoms with van der Waals surface area (Å²) in [6.45, 7) is 6.49. The summed E-state index contributed by atoms with van der Waals surface area (Å²) in [5, 5.41) is 15.4. The van der Waals surface area contributed by atoms with Crippen LogP contribution in [0.5, 0.6) is 0 Å². The Morgan fingerprint density at radius 3 is 2.72 bits per heavy atom. The second-order valence-electron chi connectivity index (χ2n) is 4.19. The van der Waals surface area contributed by atoms with Crippen molar-refractivity contribution in [1.29, 1.82) is 0 Å². The molecule has 0 radical (unpaired) electrons. The van der Waals surface area contributed by atoms with E-state index in [9.17, 15) is 4.79 Å². The predicted molar refractivity (Wildman–Crippen MR) is 72.7 cm³/mol. The van der Waals surface area contributed by atoms with Crippen molar-refractivity contribution < 1.29 is 9.90 Å². The maximum atomic E-state index is 11.6. The van der Waals surface area contributed by atoms with Gasteiger partial charge in [0, 0.05) is 17.5 Å². The molecule has 5 nitrogen and oxygen atoms in total. The van der Waals surface area contributed by atoms with E-state index >= 15 is 0 Å². The van der Waals surface area contributed by atoms with E-state index in [0.29, 0.717) is 13.0 Å². The lowest BCUT2D eigenvalue weighted by Crippen LogP contribution is -2.41. The Labute approximate surface area is 112 Å². The molecule has 1 rings (SSSR count). The number of aliphatic hydroxyl groups is 1. The van der Waals surface area contributed by atoms with Gasteiger partial charge >= 0.3 is 6.03 Å². The van der Waals surface area contributed by atoms with Crippen molar-refractivity contribution in [3.63, 3.8) is 0 Å². The number of aliphatic hydroxyl groups excluding tert-OH is 1. The molecule has 6 heteroatoms. The molecule has 1 aromatic heterocycles. The molecule has 0 aliphatic rings. The van der Waals surface area contributed by atoms with Crippen LogP contribution in [0, 0.1) is 13.8 Å². The Kier molecular flexibility index (Phi) is 6.07. The molecular weight excluding hydrogens is 250 g/mol. The van der Waals surface area contributed by atoms with Crippen LogP contribution in [-0.4, -0.2) is 28.8 Å². The minimum Gasteiger partial charge on any atom is -0.396 e. The summed E-state index contributed by atoms with van der Waals surface area (Å²) < 4.78 is 0. The van der Waals surface area contributed by atoms with E-state index in [4.69, 9.17) is 5.11 Å². The Balaban J connectivity index is 2.36. The summed E-state index contributed by atoms with van der Waals surface area (Å²) in [5.41, 5.74) is 1.02. The van der Waals surface area contributed by atoms with E-state index in [1.807, 2.05) is 20.8 Å². The SMILES string of the molecule is CCC(CCO)NC(=O)NCc1nc(C)c(C)s1. The Morgan fingerprint density at radius 2 is 2.22 bits per heavy atom. The first-order chi connectivity index (χ1) is 8.56. The van der Waals surface area contributed by atoms with Crippen molar-refractivity contribution in [3.8, 4) is 0 Å². The molecule has 2 amide bonds. The molecule has 18 heavy (non-hydrogen) atoms. The summed E-state index contributed by atoms with van der Waals surface area (Å²) in [6, 6.07) is -0.185. The summed E-state index contributed by atoms with van der Waals surface area (Å²) >= 11 is 1.60. The molecule has 0 aliphatic carbocycles. The Hall–Kier alpha value is -1.14. The standard InChI is InChI=1S/C12H21N3O2S/c1-4-10(5-6-16)15-12(17)13-7-11-14-8(2)9(3)18-11/h10,16H,4-7H2,1-3H3,(H2,13,15,17). The number of rotatable bonds is 6. The monoisotopic (exact) mass is 271 g/mol. The first-order valence-corrected chi connectivity index (χ1v) is 6.96. The number of carbonyl (C=O) groups excluding carboxylic acids is 1. The summed E-state index contributed by atoms with van der Waals surface area (Å²) in [4.78, 5) is 17.2. The van der Waals surface area contributed by atoms with Crippen LogP contribution in [0.4, 0.5) is 4.79 Å². The molecule has 3 N–H and O–H groups in total. The molecule has 0 saturated heterocycles. The topological polar surface area (TPSA) is 74.2 Å². The summed E-state index contributed by atoms with van der Waals surface area (Å²) in [7, 11) is 0. The van der Waals surface area contributed by atoms with Crippen LogP contribution in [0.2, 0.25) is 0 Å². The number of nitrogens with one attached hydrogen (secondary N) is 2. The lowest BCUT2D eigenvalue weighted by molar-refractivity contribution is 0.227. The molecule has 1 unspecified atom stereocenters. The maximum Gasteiger partial charge on any atom is 0.315 e. The zero-order valence-corrected chi connectivity index (χ0v) is 11.9. The van der Waals surface area contributed by atoms with Crippen molar-refractivity contribution >= 4 is 17.4 Å². The minimum absolute atomic E-state index is 0.0229. The first kappa shape index (κ1) is 14.9. The third-order valence-corrected chi connectivity index (χ3v) is 3.85. The van der Waals surface area contributed by atoms with Gasteiger partial charge in [-0.3, -0.25) is 0 Å². The molecule has 1 aromatic rings. The van der Waals surface area contributed by atoms with Crippen molar-refractivity contribution in [2.24, 2.45) is 0 Å². The number of aryl methyl sites for hydroxylation is 2. The van der Waals surface area contributed by atoms with Crippen LogP contribution in [0.1, 0.15) is 35.3 Å². The van der Waals surface area contributed by atoms with E-state index in [2.05, 4.69) is 15.6 Å². The lowest BCUT2D eigenvalue weighted by Gasteiger charge is -2.15. The fourth-order valence-electron chi connectivity index (χ4n) is 1.54. The minimum atomic E-state index is -0.208. The van der Waals surface area contributed by atoms with Crippen LogP contribution in [0.15, 0.2) is 0 Å². The molecule has 1 heterocycles. The number of hydrogen-bond donors (Lipinski definition) is 3. The third-order valence-electron chi connectivity index (χ3n) is 2.78. The highest BCUT2D eigenvalue weighted by molar-refractivity contribution is 7.11. The fraction of sp³-hybridized carbons (Fsp3) is 0.667. The van der Waals surface area contributed by atoms with Gasteiger partial charge in [-0.1, -0.05) is 6.92 Å². The zero-order valence-electron chi connectivity index (χ0n) is 11.1. The molecule has 0 fully saturated rings. The van der Waals surface area contributed by atoms with Crippen LogP contribution in [-0.2, 0) is 6.54 Å². The number of nitrogens with zero attached hydrogens (tertiary/aromatic N) is 1. The molecule has 0 aliphatic heterocycles. The highest BCUT2D eigenvalue weighted by Gasteiger charge is 2.10. The Bertz CT molecular complexity index is 373. The van der Waals surface area contributed by atoms with Gasteiger partial charge in [-0.2, -0.15) is 0 Å². The van der Waals surface area contributed by atoms with E-state index in [1.165, 1.54) is 4.88 Å². The van der Waals surface area contributed by atoms with Crippen LogP contribution in [0.25, 0.3) is 0 Å². The normalized spacial score (nSPS) is 12.2. The van der Waals surface area contributed by atoms with Gasteiger partial charge in [0.15, 0.2) is 0 Å². The zero-order chi connectivity index (χ0) is 13.5. The highest BCUT2D eigenvalue weighted by Crippen LogP contribution is 2.15. The predicted octanol–water partition coefficient (Wildman–Crippen LogP) is 1.72. The van der Waals surface area contributed by atoms with Gasteiger partial charge in [0.05, 0.1) is 12.2 Å². The first-order valence-electron chi connectivity index (χ1n) is 6.15. The van der Waals surface area contributed by atoms with Crippen LogP contribution < -0.4 is 10.6 Å². The van der Waals surface area contributed by atoms with E-state index in [-0.39, 0.29) is 18.7 Å². The third kappa shape index (κ3) is 4.62. The van der Waals surface area contributed by atoms with Crippen molar-refractivity contribution in [3.05, 3.63) is 15.6 Å². The fourth-order valence-corrected chi connectivity index (χ4v) is 2.41. The lowest BCUT2D eigenvalue weighted by atomic mass is 10.2. The number of urea groups is 1. The molecule has 0 aromatic carbocycles. The van der Waals surface area contributed by atoms with Crippen LogP contribution in [0.3, 0.4) is 0 Å². The van der Waals surface area contributed by atoms with E-state index in [0.717, 1.165) is 17.1 Å². The number of thiazole rings is 1. The van der Waals surface area contributed by atoms with E-state index < -0.39 is 0 Å². The van der Waals surface area contributed by atoms with Gasteiger partial charge < -0.3 is 15.7 Å². The number of aromatic nitrogens is 1. The second kappa shape index (κ2) is 7.33. The molecule has 0 saturated carbocycles. The van der Waals surface area contributed by atoms with Crippen LogP contribution >= 0.6 is 11.3 Å². The Morgan fingerprint density at radius 1 is 1.50 bits per heavy atom. The smallest absolute Gasteiger partial charge is 0.315 e. The molecule has 0 spiro atoms. The quantitative estimate of drug-likeness (QED) is 0.737. The van der Waals surface area contributed by atoms with Gasteiger partial charge in [-0.25, -0.2) is 9.78 Å². The van der Waals surface area contributed by atoms with Crippen molar-refractivity contribution in [1.82, 2.24) is 15.6 Å². The summed E-state index contributed by atoms with van der Waals surface area (Å²) in [5.74, 6) is 0. The van der Waals surface area contributed by atoms with Gasteiger partial charge in [-0.15, -0.1) is 11.3 Å². The maximum absolute atomic E-state index is 11.6. The average molecular weight is 271 g/mol. The number of carbonyl (C=O) groups is 1. The average Bonchev–Trinajstić information content (AvgIpc) is 2.66. The molecule has 102 valence electrons. The van der Waals surface area contributed by atoms with Gasteiger partial charge in [0.1, 0.15) is 5.01 Å². The van der Waals surface area contributed by atoms with Crippen molar-refractivity contribution in [2.45, 2.75) is 46.2 Å². The molecule has 0 bridgehead atoms. The van der Waals surface area contributed by atoms with E-state index in [1.54, 1.807) is 11.3 Å². The van der Waals surface area contributed by atoms with Gasteiger partial charge in [-0.05, 0) is 26.7 Å². The van der Waals surface area contributed by atoms with Gasteiger partial charge in [0.2, 0.25) is 0 Å². The number of hydrogen-bond acceptors (Lipinski definition) is 4.